The molecule has 2 heterocycles. The average Bonchev–Trinajstić information content (AvgIpc) is 3.12. The van der Waals surface area contributed by atoms with Crippen molar-refractivity contribution in [3.05, 3.63) is 34.4 Å². The molecule has 0 unspecified atom stereocenters. The molecule has 0 radical (unpaired) electrons. The molecule has 1 spiro atoms. The zero-order valence-electron chi connectivity index (χ0n) is 13.7. The lowest BCUT2D eigenvalue weighted by Gasteiger charge is -2.34. The molecule has 134 valence electrons. The summed E-state index contributed by atoms with van der Waals surface area (Å²) >= 11 is 6.38. The number of phenols is 1. The highest BCUT2D eigenvalue weighted by Crippen LogP contribution is 2.53. The van der Waals surface area contributed by atoms with Crippen LogP contribution in [0.3, 0.4) is 0 Å². The predicted molar refractivity (Wildman–Crippen MR) is 88.3 cm³/mol. The van der Waals surface area contributed by atoms with Gasteiger partial charge in [-0.1, -0.05) is 23.7 Å². The lowest BCUT2D eigenvalue weighted by Crippen LogP contribution is -2.51. The van der Waals surface area contributed by atoms with E-state index in [4.69, 9.17) is 20.9 Å². The molecule has 1 aromatic heterocycles. The number of aromatic nitrogens is 2. The van der Waals surface area contributed by atoms with Crippen LogP contribution in [0, 0.1) is 12.8 Å². The van der Waals surface area contributed by atoms with E-state index in [2.05, 4.69) is 10.1 Å². The van der Waals surface area contributed by atoms with Gasteiger partial charge < -0.3 is 19.5 Å². The summed E-state index contributed by atoms with van der Waals surface area (Å²) in [5.74, 6) is -2.18. The number of halogens is 1. The van der Waals surface area contributed by atoms with E-state index >= 15 is 0 Å². The van der Waals surface area contributed by atoms with Crippen molar-refractivity contribution in [2.75, 3.05) is 0 Å². The van der Waals surface area contributed by atoms with Crippen molar-refractivity contribution in [2.45, 2.75) is 25.9 Å². The summed E-state index contributed by atoms with van der Waals surface area (Å²) in [6.45, 7) is 3.20. The first-order valence-electron chi connectivity index (χ1n) is 7.79. The number of fused-ring (bicyclic) bond motifs is 1. The van der Waals surface area contributed by atoms with Crippen molar-refractivity contribution >= 4 is 23.2 Å². The normalized spacial score (nSPS) is 24.6. The summed E-state index contributed by atoms with van der Waals surface area (Å²) < 4.78 is 10.7. The number of rotatable bonds is 1. The molecule has 0 amide bonds. The van der Waals surface area contributed by atoms with E-state index in [1.165, 1.54) is 6.07 Å². The van der Waals surface area contributed by atoms with Gasteiger partial charge in [-0.15, -0.1) is 0 Å². The van der Waals surface area contributed by atoms with Crippen LogP contribution in [-0.2, 0) is 4.79 Å². The molecule has 0 fully saturated rings. The number of allylic oxidation sites excluding steroid dienone is 1. The zero-order chi connectivity index (χ0) is 18.8. The van der Waals surface area contributed by atoms with Gasteiger partial charge >= 0.3 is 0 Å². The Hall–Kier alpha value is -2.87. The number of benzene rings is 1. The highest BCUT2D eigenvalue weighted by molar-refractivity contribution is 6.36. The first kappa shape index (κ1) is 16.6. The van der Waals surface area contributed by atoms with E-state index in [9.17, 15) is 19.8 Å². The minimum absolute atomic E-state index is 0.000671. The van der Waals surface area contributed by atoms with Crippen LogP contribution in [0.4, 0.5) is 0 Å². The largest absolute Gasteiger partial charge is 0.507 e. The lowest BCUT2D eigenvalue weighted by atomic mass is 9.75. The number of aryl methyl sites for hydroxylation is 1. The Bertz CT molecular complexity index is 1010. The number of carbonyl (C=O) groups excluding carboxylic acids is 2. The van der Waals surface area contributed by atoms with E-state index in [0.717, 1.165) is 6.08 Å². The Morgan fingerprint density at radius 1 is 1.35 bits per heavy atom. The fourth-order valence-electron chi connectivity index (χ4n) is 3.41. The van der Waals surface area contributed by atoms with Crippen molar-refractivity contribution in [1.29, 1.82) is 0 Å². The maximum Gasteiger partial charge on any atom is 0.230 e. The first-order chi connectivity index (χ1) is 12.3. The summed E-state index contributed by atoms with van der Waals surface area (Å²) in [7, 11) is 0. The van der Waals surface area contributed by atoms with Gasteiger partial charge in [0.15, 0.2) is 11.5 Å². The van der Waals surface area contributed by atoms with Crippen LogP contribution in [0.5, 0.6) is 11.5 Å². The number of hydrogen-bond donors (Lipinski definition) is 2. The fourth-order valence-corrected chi connectivity index (χ4v) is 3.68. The molecule has 2 aromatic rings. The van der Waals surface area contributed by atoms with Crippen molar-refractivity contribution in [2.24, 2.45) is 5.92 Å². The molecule has 26 heavy (non-hydrogen) atoms. The Balaban J connectivity index is 1.92. The molecule has 0 saturated carbocycles. The van der Waals surface area contributed by atoms with Gasteiger partial charge in [0.25, 0.3) is 0 Å². The van der Waals surface area contributed by atoms with E-state index in [-0.39, 0.29) is 45.7 Å². The highest BCUT2D eigenvalue weighted by atomic mass is 35.5. The van der Waals surface area contributed by atoms with Gasteiger partial charge in [-0.05, 0) is 6.07 Å². The monoisotopic (exact) mass is 376 g/mol. The molecule has 1 aliphatic carbocycles. The predicted octanol–water partition coefficient (Wildman–Crippen LogP) is 2.77. The highest BCUT2D eigenvalue weighted by Gasteiger charge is 2.59. The number of nitrogens with zero attached hydrogens (tertiary/aromatic N) is 2. The Labute approximate surface area is 152 Å². The van der Waals surface area contributed by atoms with E-state index in [0.29, 0.717) is 5.89 Å². The van der Waals surface area contributed by atoms with Gasteiger partial charge in [-0.2, -0.15) is 4.98 Å². The number of ether oxygens (including phenoxy) is 1. The van der Waals surface area contributed by atoms with Crippen molar-refractivity contribution in [1.82, 2.24) is 10.1 Å². The summed E-state index contributed by atoms with van der Waals surface area (Å²) in [5, 5.41) is 24.5. The molecule has 2 atom stereocenters. The van der Waals surface area contributed by atoms with Crippen LogP contribution in [0.2, 0.25) is 5.02 Å². The number of phenolic OH excluding ortho intramolecular Hbond substituents is 1. The van der Waals surface area contributed by atoms with Gasteiger partial charge in [0.2, 0.25) is 23.1 Å². The number of carbonyl (C=O) groups is 2. The van der Waals surface area contributed by atoms with E-state index in [1.807, 2.05) is 0 Å². The molecule has 1 aromatic carbocycles. The Morgan fingerprint density at radius 2 is 2.08 bits per heavy atom. The average molecular weight is 377 g/mol. The molecule has 2 N–H and O–H groups in total. The molecule has 1 aliphatic heterocycles. The van der Waals surface area contributed by atoms with Crippen LogP contribution < -0.4 is 4.74 Å². The van der Waals surface area contributed by atoms with Crippen molar-refractivity contribution in [3.8, 4) is 22.9 Å². The molecule has 9 heteroatoms. The number of aliphatic hydroxyl groups excluding tert-OH is 1. The standard InChI is InChI=1S/C17H13ClN2O6/c1-6-3-8(21)4-11(23)17(6)15(24)12-10(22)5-9(13(18)14(12)25-17)16-19-7(2)26-20-16/h4-6,22-23H,3H2,1-2H3/t6-,17+/m1/s1. The fraction of sp³-hybridized carbons (Fsp3) is 0.294. The second-order valence-electron chi connectivity index (χ2n) is 6.37. The van der Waals surface area contributed by atoms with Crippen LogP contribution in [0.1, 0.15) is 29.6 Å². The van der Waals surface area contributed by atoms with Gasteiger partial charge in [0, 0.05) is 30.9 Å². The molecular weight excluding hydrogens is 364 g/mol. The minimum Gasteiger partial charge on any atom is -0.507 e. The summed E-state index contributed by atoms with van der Waals surface area (Å²) in [6.07, 6.45) is 0.983. The maximum absolute atomic E-state index is 13.0. The molecule has 4 rings (SSSR count). The van der Waals surface area contributed by atoms with Gasteiger partial charge in [-0.25, -0.2) is 0 Å². The Kier molecular flexibility index (Phi) is 3.39. The van der Waals surface area contributed by atoms with Crippen LogP contribution in [-0.4, -0.2) is 37.5 Å². The number of aromatic hydroxyl groups is 1. The summed E-state index contributed by atoms with van der Waals surface area (Å²) in [5.41, 5.74) is -1.73. The molecule has 0 bridgehead atoms. The first-order valence-corrected chi connectivity index (χ1v) is 8.17. The van der Waals surface area contributed by atoms with E-state index in [1.54, 1.807) is 13.8 Å². The second-order valence-corrected chi connectivity index (χ2v) is 6.74. The Morgan fingerprint density at radius 3 is 2.69 bits per heavy atom. The van der Waals surface area contributed by atoms with Crippen molar-refractivity contribution < 1.29 is 29.1 Å². The number of ketones is 2. The third-order valence-electron chi connectivity index (χ3n) is 4.68. The summed E-state index contributed by atoms with van der Waals surface area (Å²) in [6, 6.07) is 1.24. The smallest absolute Gasteiger partial charge is 0.230 e. The van der Waals surface area contributed by atoms with Crippen LogP contribution in [0.25, 0.3) is 11.4 Å². The SMILES string of the molecule is Cc1nc(-c2cc(O)c3c(c2Cl)O[C@]2(C3=O)C(O)=CC(=O)C[C@H]2C)no1. The van der Waals surface area contributed by atoms with Gasteiger partial charge in [-0.3, -0.25) is 9.59 Å². The quantitative estimate of drug-likeness (QED) is 0.778. The third kappa shape index (κ3) is 2.02. The van der Waals surface area contributed by atoms with Gasteiger partial charge in [0.1, 0.15) is 17.1 Å². The maximum atomic E-state index is 13.0. The molecule has 8 nitrogen and oxygen atoms in total. The van der Waals surface area contributed by atoms with Crippen LogP contribution in [0.15, 0.2) is 22.4 Å². The van der Waals surface area contributed by atoms with Gasteiger partial charge in [0.05, 0.1) is 5.02 Å². The zero-order valence-corrected chi connectivity index (χ0v) is 14.5. The van der Waals surface area contributed by atoms with Crippen LogP contribution >= 0.6 is 11.6 Å². The number of Topliss-reactive ketones (excluding diaryl/α,β-unsaturated/α-hetero) is 1. The topological polar surface area (TPSA) is 123 Å². The molecular formula is C17H13ClN2O6. The second kappa shape index (κ2) is 5.31. The number of hydrogen-bond acceptors (Lipinski definition) is 8. The third-order valence-corrected chi connectivity index (χ3v) is 5.05. The van der Waals surface area contributed by atoms with Crippen molar-refractivity contribution in [3.63, 3.8) is 0 Å². The number of aliphatic hydroxyl groups is 1. The lowest BCUT2D eigenvalue weighted by molar-refractivity contribution is -0.118. The van der Waals surface area contributed by atoms with E-state index < -0.39 is 23.1 Å². The summed E-state index contributed by atoms with van der Waals surface area (Å²) in [4.78, 5) is 28.7. The molecule has 2 aliphatic rings. The molecule has 0 saturated heterocycles. The minimum atomic E-state index is -1.79.